The van der Waals surface area contributed by atoms with Gasteiger partial charge in [0.15, 0.2) is 0 Å². The molecule has 1 heteroatoms. The van der Waals surface area contributed by atoms with Crippen molar-refractivity contribution in [3.63, 3.8) is 0 Å². The summed E-state index contributed by atoms with van der Waals surface area (Å²) < 4.78 is 0. The number of anilines is 3. The van der Waals surface area contributed by atoms with Crippen molar-refractivity contribution in [1.29, 1.82) is 0 Å². The zero-order chi connectivity index (χ0) is 37.6. The Balaban J connectivity index is 1.13. The van der Waals surface area contributed by atoms with Crippen LogP contribution in [0, 0.1) is 0 Å². The second kappa shape index (κ2) is 13.7. The van der Waals surface area contributed by atoms with E-state index in [0.29, 0.717) is 0 Å². The van der Waals surface area contributed by atoms with Gasteiger partial charge in [-0.1, -0.05) is 172 Å². The molecule has 1 nitrogen and oxygen atoms in total. The number of benzene rings is 9. The minimum Gasteiger partial charge on any atom is -0.310 e. The third kappa shape index (κ3) is 5.90. The van der Waals surface area contributed by atoms with Crippen LogP contribution in [0.5, 0.6) is 0 Å². The quantitative estimate of drug-likeness (QED) is 0.159. The number of fused-ring (bicyclic) bond motifs is 4. The second-order valence-corrected chi connectivity index (χ2v) is 15.4. The molecule has 10 rings (SSSR count). The first-order valence-corrected chi connectivity index (χ1v) is 19.5. The van der Waals surface area contributed by atoms with Gasteiger partial charge in [0, 0.05) is 16.8 Å². The third-order valence-corrected chi connectivity index (χ3v) is 11.6. The van der Waals surface area contributed by atoms with Crippen molar-refractivity contribution in [2.45, 2.75) is 19.3 Å². The SMILES string of the molecule is CC1(C)c2ccccc2-c2cccc(N(c3ccc(-c4cc(-c5ccccc5)cc(-c5ccccc5)c4)cc3)c3cccc(-c4ccc5ccccc5c4)c3)c21. The summed E-state index contributed by atoms with van der Waals surface area (Å²) in [7, 11) is 0. The lowest BCUT2D eigenvalue weighted by Crippen LogP contribution is -2.20. The van der Waals surface area contributed by atoms with E-state index in [1.807, 2.05) is 0 Å². The summed E-state index contributed by atoms with van der Waals surface area (Å²) in [5.74, 6) is 0. The Labute approximate surface area is 329 Å². The van der Waals surface area contributed by atoms with Gasteiger partial charge in [-0.15, -0.1) is 0 Å². The van der Waals surface area contributed by atoms with Gasteiger partial charge in [-0.2, -0.15) is 0 Å². The molecule has 0 fully saturated rings. The number of hydrogen-bond donors (Lipinski definition) is 0. The first-order chi connectivity index (χ1) is 27.5. The lowest BCUT2D eigenvalue weighted by atomic mass is 9.81. The maximum absolute atomic E-state index is 2.47. The Hall–Kier alpha value is -6.96. The molecule has 56 heavy (non-hydrogen) atoms. The minimum atomic E-state index is -0.178. The van der Waals surface area contributed by atoms with Gasteiger partial charge >= 0.3 is 0 Å². The molecule has 0 unspecified atom stereocenters. The fourth-order valence-corrected chi connectivity index (χ4v) is 8.82. The highest BCUT2D eigenvalue weighted by Gasteiger charge is 2.38. The Morgan fingerprint density at radius 2 is 0.839 bits per heavy atom. The van der Waals surface area contributed by atoms with Gasteiger partial charge in [-0.3, -0.25) is 0 Å². The van der Waals surface area contributed by atoms with Crippen molar-refractivity contribution in [2.75, 3.05) is 4.90 Å². The van der Waals surface area contributed by atoms with Crippen LogP contribution in [-0.4, -0.2) is 0 Å². The Kier molecular flexibility index (Phi) is 8.23. The van der Waals surface area contributed by atoms with Crippen molar-refractivity contribution in [3.8, 4) is 55.6 Å². The monoisotopic (exact) mass is 715 g/mol. The first kappa shape index (κ1) is 33.6. The van der Waals surface area contributed by atoms with E-state index in [4.69, 9.17) is 0 Å². The number of hydrogen-bond acceptors (Lipinski definition) is 1. The standard InChI is InChI=1S/C55H41N/c1-55(2)52-25-12-11-23-50(52)51-24-14-26-53(54(51)55)56(49-22-13-21-43(37-49)44-28-27-40-19-9-10-20-42(40)33-44)48-31-29-41(30-32-48)47-35-45(38-15-5-3-6-16-38)34-46(36-47)39-17-7-4-8-18-39/h3-37H,1-2H3. The summed E-state index contributed by atoms with van der Waals surface area (Å²) >= 11 is 0. The average Bonchev–Trinajstić information content (AvgIpc) is 3.50. The predicted molar refractivity (Wildman–Crippen MR) is 238 cm³/mol. The zero-order valence-electron chi connectivity index (χ0n) is 31.7. The summed E-state index contributed by atoms with van der Waals surface area (Å²) in [6.45, 7) is 4.75. The van der Waals surface area contributed by atoms with Crippen LogP contribution >= 0.6 is 0 Å². The molecule has 9 aromatic carbocycles. The summed E-state index contributed by atoms with van der Waals surface area (Å²) in [6, 6.07) is 77.6. The van der Waals surface area contributed by atoms with Crippen LogP contribution in [0.25, 0.3) is 66.4 Å². The lowest BCUT2D eigenvalue weighted by Gasteiger charge is -2.32. The summed E-state index contributed by atoms with van der Waals surface area (Å²) in [6.07, 6.45) is 0. The van der Waals surface area contributed by atoms with E-state index in [1.165, 1.54) is 83.2 Å². The molecule has 0 N–H and O–H groups in total. The van der Waals surface area contributed by atoms with E-state index < -0.39 is 0 Å². The maximum Gasteiger partial charge on any atom is 0.0508 e. The maximum atomic E-state index is 2.47. The molecule has 266 valence electrons. The highest BCUT2D eigenvalue weighted by atomic mass is 15.1. The predicted octanol–water partition coefficient (Wildman–Crippen LogP) is 15.3. The molecule has 0 aliphatic heterocycles. The molecule has 1 aliphatic rings. The Bertz CT molecular complexity index is 2810. The van der Waals surface area contributed by atoms with E-state index in [1.54, 1.807) is 0 Å². The molecule has 9 aromatic rings. The molecule has 0 aromatic heterocycles. The largest absolute Gasteiger partial charge is 0.310 e. The lowest BCUT2D eigenvalue weighted by molar-refractivity contribution is 0.661. The number of rotatable bonds is 7. The van der Waals surface area contributed by atoms with Crippen LogP contribution in [0.15, 0.2) is 212 Å². The van der Waals surface area contributed by atoms with E-state index in [-0.39, 0.29) is 5.41 Å². The van der Waals surface area contributed by atoms with Gasteiger partial charge in [0.2, 0.25) is 0 Å². The van der Waals surface area contributed by atoms with Gasteiger partial charge in [-0.25, -0.2) is 0 Å². The topological polar surface area (TPSA) is 3.24 Å². The molecule has 0 spiro atoms. The normalized spacial score (nSPS) is 12.6. The van der Waals surface area contributed by atoms with Gasteiger partial charge in [0.25, 0.3) is 0 Å². The highest BCUT2D eigenvalue weighted by Crippen LogP contribution is 2.54. The van der Waals surface area contributed by atoms with E-state index in [2.05, 4.69) is 231 Å². The molecule has 0 heterocycles. The molecule has 0 saturated carbocycles. The fourth-order valence-electron chi connectivity index (χ4n) is 8.82. The third-order valence-electron chi connectivity index (χ3n) is 11.6. The van der Waals surface area contributed by atoms with Crippen molar-refractivity contribution in [1.82, 2.24) is 0 Å². The van der Waals surface area contributed by atoms with Crippen molar-refractivity contribution < 1.29 is 0 Å². The first-order valence-electron chi connectivity index (χ1n) is 19.5. The summed E-state index contributed by atoms with van der Waals surface area (Å²) in [5.41, 5.74) is 18.2. The molecular formula is C55H41N. The van der Waals surface area contributed by atoms with Crippen molar-refractivity contribution >= 4 is 27.8 Å². The van der Waals surface area contributed by atoms with Gasteiger partial charge in [-0.05, 0) is 132 Å². The van der Waals surface area contributed by atoms with Crippen molar-refractivity contribution in [2.24, 2.45) is 0 Å². The molecule has 0 bridgehead atoms. The molecule has 1 aliphatic carbocycles. The van der Waals surface area contributed by atoms with Crippen LogP contribution in [-0.2, 0) is 5.41 Å². The smallest absolute Gasteiger partial charge is 0.0508 e. The van der Waals surface area contributed by atoms with E-state index in [0.717, 1.165) is 11.4 Å². The highest BCUT2D eigenvalue weighted by molar-refractivity contribution is 5.93. The summed E-state index contributed by atoms with van der Waals surface area (Å²) in [5, 5.41) is 2.50. The average molecular weight is 716 g/mol. The number of nitrogens with zero attached hydrogens (tertiary/aromatic N) is 1. The zero-order valence-corrected chi connectivity index (χ0v) is 31.7. The van der Waals surface area contributed by atoms with Crippen LogP contribution < -0.4 is 4.90 Å². The van der Waals surface area contributed by atoms with Crippen LogP contribution in [0.3, 0.4) is 0 Å². The fraction of sp³-hybridized carbons (Fsp3) is 0.0545. The van der Waals surface area contributed by atoms with Gasteiger partial charge in [0.1, 0.15) is 0 Å². The van der Waals surface area contributed by atoms with E-state index in [9.17, 15) is 0 Å². The van der Waals surface area contributed by atoms with Gasteiger partial charge < -0.3 is 4.90 Å². The van der Waals surface area contributed by atoms with Crippen LogP contribution in [0.1, 0.15) is 25.0 Å². The van der Waals surface area contributed by atoms with E-state index >= 15 is 0 Å². The second-order valence-electron chi connectivity index (χ2n) is 15.4. The van der Waals surface area contributed by atoms with Crippen LogP contribution in [0.4, 0.5) is 17.1 Å². The Morgan fingerprint density at radius 1 is 0.321 bits per heavy atom. The Morgan fingerprint density at radius 3 is 1.54 bits per heavy atom. The molecular weight excluding hydrogens is 675 g/mol. The molecule has 0 atom stereocenters. The van der Waals surface area contributed by atoms with Crippen LogP contribution in [0.2, 0.25) is 0 Å². The van der Waals surface area contributed by atoms with Crippen molar-refractivity contribution in [3.05, 3.63) is 223 Å². The molecule has 0 saturated heterocycles. The minimum absolute atomic E-state index is 0.178. The summed E-state index contributed by atoms with van der Waals surface area (Å²) in [4.78, 5) is 2.47. The van der Waals surface area contributed by atoms with Gasteiger partial charge in [0.05, 0.1) is 5.69 Å². The molecule has 0 amide bonds. The molecule has 0 radical (unpaired) electrons.